The summed E-state index contributed by atoms with van der Waals surface area (Å²) < 4.78 is 1.09. The number of thiophene rings is 1. The standard InChI is InChI=1S/C10H10N4O2S/c11-3-1-2-7-4-8(17-6-7)5-14-9(15)12-13-10(14)16/h4,6H,3,5,11H2,(H,12,15)(H,13,16). The fourth-order valence-corrected chi connectivity index (χ4v) is 2.12. The Kier molecular flexibility index (Phi) is 3.27. The van der Waals surface area contributed by atoms with E-state index in [1.165, 1.54) is 11.3 Å². The molecule has 0 aromatic carbocycles. The first kappa shape index (κ1) is 11.4. The number of aromatic nitrogens is 3. The van der Waals surface area contributed by atoms with Gasteiger partial charge in [0.1, 0.15) is 0 Å². The van der Waals surface area contributed by atoms with Gasteiger partial charge in [0.25, 0.3) is 0 Å². The maximum absolute atomic E-state index is 11.3. The number of aromatic amines is 2. The molecule has 0 saturated heterocycles. The van der Waals surface area contributed by atoms with E-state index < -0.39 is 11.4 Å². The Hall–Kier alpha value is -2.04. The van der Waals surface area contributed by atoms with Crippen LogP contribution in [-0.2, 0) is 6.54 Å². The second-order valence-electron chi connectivity index (χ2n) is 3.25. The van der Waals surface area contributed by atoms with Crippen LogP contribution in [0.25, 0.3) is 0 Å². The topological polar surface area (TPSA) is 96.7 Å². The average Bonchev–Trinajstić information content (AvgIpc) is 2.88. The second kappa shape index (κ2) is 4.86. The van der Waals surface area contributed by atoms with Gasteiger partial charge < -0.3 is 5.73 Å². The van der Waals surface area contributed by atoms with Crippen molar-refractivity contribution in [2.24, 2.45) is 5.73 Å². The third-order valence-electron chi connectivity index (χ3n) is 2.07. The first-order valence-corrected chi connectivity index (χ1v) is 5.72. The first-order chi connectivity index (χ1) is 8.20. The van der Waals surface area contributed by atoms with E-state index in [0.717, 1.165) is 15.0 Å². The van der Waals surface area contributed by atoms with Crippen molar-refractivity contribution >= 4 is 11.3 Å². The number of H-pyrrole nitrogens is 2. The van der Waals surface area contributed by atoms with Crippen molar-refractivity contribution in [1.29, 1.82) is 0 Å². The number of nitrogens with zero attached hydrogens (tertiary/aromatic N) is 1. The minimum Gasteiger partial charge on any atom is -0.320 e. The monoisotopic (exact) mass is 250 g/mol. The Labute approximate surface area is 100 Å². The van der Waals surface area contributed by atoms with Crippen LogP contribution >= 0.6 is 11.3 Å². The fraction of sp³-hybridized carbons (Fsp3) is 0.200. The molecule has 6 nitrogen and oxygen atoms in total. The van der Waals surface area contributed by atoms with E-state index in [9.17, 15) is 9.59 Å². The van der Waals surface area contributed by atoms with Gasteiger partial charge in [0.05, 0.1) is 13.1 Å². The average molecular weight is 250 g/mol. The lowest BCUT2D eigenvalue weighted by molar-refractivity contribution is 0.743. The molecule has 0 atom stereocenters. The van der Waals surface area contributed by atoms with E-state index in [0.29, 0.717) is 6.54 Å². The number of nitrogens with one attached hydrogen (secondary N) is 2. The summed E-state index contributed by atoms with van der Waals surface area (Å²) in [5.74, 6) is 5.63. The second-order valence-corrected chi connectivity index (χ2v) is 4.25. The van der Waals surface area contributed by atoms with E-state index in [1.54, 1.807) is 0 Å². The molecule has 0 bridgehead atoms. The molecule has 0 spiro atoms. The Bertz CT molecular complexity index is 652. The lowest BCUT2D eigenvalue weighted by atomic mass is 10.3. The van der Waals surface area contributed by atoms with Crippen LogP contribution in [-0.4, -0.2) is 21.3 Å². The first-order valence-electron chi connectivity index (χ1n) is 4.84. The predicted octanol–water partition coefficient (Wildman–Crippen LogP) is -0.715. The van der Waals surface area contributed by atoms with Crippen molar-refractivity contribution in [2.75, 3.05) is 6.54 Å². The van der Waals surface area contributed by atoms with Gasteiger partial charge in [-0.15, -0.1) is 11.3 Å². The summed E-state index contributed by atoms with van der Waals surface area (Å²) in [6, 6.07) is 1.84. The van der Waals surface area contributed by atoms with Crippen molar-refractivity contribution in [1.82, 2.24) is 14.8 Å². The Morgan fingerprint density at radius 3 is 2.71 bits per heavy atom. The van der Waals surface area contributed by atoms with Crippen molar-refractivity contribution in [3.05, 3.63) is 42.9 Å². The van der Waals surface area contributed by atoms with E-state index in [4.69, 9.17) is 5.73 Å². The minimum atomic E-state index is -0.446. The Morgan fingerprint density at radius 1 is 1.35 bits per heavy atom. The molecule has 0 aliphatic carbocycles. The number of hydrogen-bond acceptors (Lipinski definition) is 4. The van der Waals surface area contributed by atoms with Gasteiger partial charge in [-0.25, -0.2) is 24.4 Å². The number of nitrogens with two attached hydrogens (primary N) is 1. The highest BCUT2D eigenvalue weighted by Gasteiger charge is 2.05. The SMILES string of the molecule is NCC#Cc1csc(Cn2c(=O)[nH][nH]c2=O)c1. The maximum Gasteiger partial charge on any atom is 0.344 e. The molecular formula is C10H10N4O2S. The summed E-state index contributed by atoms with van der Waals surface area (Å²) in [6.07, 6.45) is 0. The molecule has 2 aromatic rings. The zero-order chi connectivity index (χ0) is 12.3. The van der Waals surface area contributed by atoms with Crippen molar-refractivity contribution < 1.29 is 0 Å². The largest absolute Gasteiger partial charge is 0.344 e. The van der Waals surface area contributed by atoms with Gasteiger partial charge in [0.15, 0.2) is 0 Å². The number of hydrogen-bond donors (Lipinski definition) is 3. The molecule has 88 valence electrons. The predicted molar refractivity (Wildman–Crippen MR) is 65.0 cm³/mol. The van der Waals surface area contributed by atoms with Crippen molar-refractivity contribution in [2.45, 2.75) is 6.54 Å². The van der Waals surface area contributed by atoms with Gasteiger partial charge >= 0.3 is 11.4 Å². The lowest BCUT2D eigenvalue weighted by Crippen LogP contribution is -2.26. The molecule has 4 N–H and O–H groups in total. The van der Waals surface area contributed by atoms with Crippen molar-refractivity contribution in [3.63, 3.8) is 0 Å². The molecule has 2 rings (SSSR count). The quantitative estimate of drug-likeness (QED) is 0.614. The van der Waals surface area contributed by atoms with Gasteiger partial charge in [0, 0.05) is 15.8 Å². The maximum atomic E-state index is 11.3. The molecule has 2 heterocycles. The molecule has 0 aliphatic rings. The van der Waals surface area contributed by atoms with E-state index in [-0.39, 0.29) is 6.54 Å². The Morgan fingerprint density at radius 2 is 2.06 bits per heavy atom. The molecule has 0 aliphatic heterocycles. The van der Waals surface area contributed by atoms with Crippen LogP contribution in [0.3, 0.4) is 0 Å². The molecule has 17 heavy (non-hydrogen) atoms. The molecule has 0 unspecified atom stereocenters. The van der Waals surface area contributed by atoms with Crippen molar-refractivity contribution in [3.8, 4) is 11.8 Å². The van der Waals surface area contributed by atoms with Crippen LogP contribution in [0.4, 0.5) is 0 Å². The van der Waals surface area contributed by atoms with Gasteiger partial charge in [-0.1, -0.05) is 11.8 Å². The van der Waals surface area contributed by atoms with Crippen LogP contribution in [0, 0.1) is 11.8 Å². The van der Waals surface area contributed by atoms with E-state index >= 15 is 0 Å². The van der Waals surface area contributed by atoms with Crippen LogP contribution < -0.4 is 17.1 Å². The smallest absolute Gasteiger partial charge is 0.320 e. The molecule has 0 radical (unpaired) electrons. The highest BCUT2D eigenvalue weighted by atomic mass is 32.1. The lowest BCUT2D eigenvalue weighted by Gasteiger charge is -1.93. The Balaban J connectivity index is 2.23. The molecule has 7 heteroatoms. The fourth-order valence-electron chi connectivity index (χ4n) is 1.32. The highest BCUT2D eigenvalue weighted by Crippen LogP contribution is 2.13. The zero-order valence-corrected chi connectivity index (χ0v) is 9.63. The summed E-state index contributed by atoms with van der Waals surface area (Å²) in [5, 5.41) is 6.32. The molecule has 0 fully saturated rings. The molecular weight excluding hydrogens is 240 g/mol. The third kappa shape index (κ3) is 2.55. The summed E-state index contributed by atoms with van der Waals surface area (Å²) in [6.45, 7) is 0.550. The minimum absolute atomic E-state index is 0.243. The van der Waals surface area contributed by atoms with Gasteiger partial charge in [-0.05, 0) is 6.07 Å². The van der Waals surface area contributed by atoms with Crippen LogP contribution in [0.15, 0.2) is 21.0 Å². The highest BCUT2D eigenvalue weighted by molar-refractivity contribution is 7.10. The van der Waals surface area contributed by atoms with E-state index in [1.807, 2.05) is 11.4 Å². The number of rotatable bonds is 2. The van der Waals surface area contributed by atoms with Crippen LogP contribution in [0.5, 0.6) is 0 Å². The van der Waals surface area contributed by atoms with Gasteiger partial charge in [-0.2, -0.15) is 0 Å². The summed E-state index contributed by atoms with van der Waals surface area (Å²) >= 11 is 1.45. The van der Waals surface area contributed by atoms with Gasteiger partial charge in [-0.3, -0.25) is 0 Å². The summed E-state index contributed by atoms with van der Waals surface area (Å²) in [5.41, 5.74) is 5.22. The van der Waals surface area contributed by atoms with Gasteiger partial charge in [0.2, 0.25) is 0 Å². The zero-order valence-electron chi connectivity index (χ0n) is 8.82. The summed E-state index contributed by atoms with van der Waals surface area (Å²) in [7, 11) is 0. The molecule has 0 amide bonds. The third-order valence-corrected chi connectivity index (χ3v) is 2.99. The summed E-state index contributed by atoms with van der Waals surface area (Å²) in [4.78, 5) is 23.4. The molecule has 0 saturated carbocycles. The molecule has 2 aromatic heterocycles. The normalized spacial score (nSPS) is 9.94. The van der Waals surface area contributed by atoms with E-state index in [2.05, 4.69) is 22.0 Å². The van der Waals surface area contributed by atoms with Crippen LogP contribution in [0.1, 0.15) is 10.4 Å². The van der Waals surface area contributed by atoms with Crippen LogP contribution in [0.2, 0.25) is 0 Å².